The lowest BCUT2D eigenvalue weighted by atomic mass is 10.2. The van der Waals surface area contributed by atoms with Crippen LogP contribution in [0.25, 0.3) is 0 Å². The minimum Gasteiger partial charge on any atom is -0.480 e. The highest BCUT2D eigenvalue weighted by Crippen LogP contribution is 1.80. The third-order valence-corrected chi connectivity index (χ3v) is 0.764. The Morgan fingerprint density at radius 2 is 2.00 bits per heavy atom. The average molecular weight is 141 g/mol. The first-order chi connectivity index (χ1) is 4.52. The molecule has 0 bridgehead atoms. The summed E-state index contributed by atoms with van der Waals surface area (Å²) < 4.78 is 0. The molecule has 0 amide bonds. The quantitative estimate of drug-likeness (QED) is 0.512. The van der Waals surface area contributed by atoms with Gasteiger partial charge in [-0.2, -0.15) is 0 Å². The van der Waals surface area contributed by atoms with Crippen LogP contribution in [0.4, 0.5) is 0 Å². The van der Waals surface area contributed by atoms with Crippen molar-refractivity contribution in [2.24, 2.45) is 0 Å². The Bertz CT molecular complexity index is 132. The lowest BCUT2D eigenvalue weighted by Crippen LogP contribution is -2.31. The zero-order valence-corrected chi connectivity index (χ0v) is 5.70. The summed E-state index contributed by atoms with van der Waals surface area (Å²) in [6, 6.07) is 0. The van der Waals surface area contributed by atoms with E-state index in [2.05, 4.69) is 0 Å². The Labute approximate surface area is 60.3 Å². The minimum atomic E-state index is -1.04. The number of carbonyl (C=O) groups is 2. The molecule has 0 saturated heterocycles. The molecule has 0 aromatic rings. The van der Waals surface area contributed by atoms with Gasteiger partial charge in [0, 0.05) is 6.54 Å². The van der Waals surface area contributed by atoms with Crippen LogP contribution in [0.5, 0.6) is 0 Å². The zero-order valence-electron chi connectivity index (χ0n) is 5.70. The van der Waals surface area contributed by atoms with Gasteiger partial charge in [-0.15, -0.1) is 0 Å². The smallest absolute Gasteiger partial charge is 0.316 e. The van der Waals surface area contributed by atoms with E-state index < -0.39 is 5.97 Å². The molecule has 0 aliphatic rings. The number of rotatable bonds is 4. The van der Waals surface area contributed by atoms with Crippen molar-refractivity contribution in [3.8, 4) is 0 Å². The van der Waals surface area contributed by atoms with Crippen LogP contribution in [0.15, 0.2) is 0 Å². The first-order valence-electron chi connectivity index (χ1n) is 2.73. The van der Waals surface area contributed by atoms with Crippen molar-refractivity contribution in [1.82, 2.24) is 4.81 Å². The SMILES string of the molecule is [B]N(CC(C)=O)CC(=O)O. The van der Waals surface area contributed by atoms with Crippen LogP contribution < -0.4 is 0 Å². The number of carbonyl (C=O) groups excluding carboxylic acids is 1. The zero-order chi connectivity index (χ0) is 8.15. The van der Waals surface area contributed by atoms with Crippen molar-refractivity contribution >= 4 is 19.7 Å². The van der Waals surface area contributed by atoms with Crippen molar-refractivity contribution in [1.29, 1.82) is 0 Å². The first kappa shape index (κ1) is 9.16. The van der Waals surface area contributed by atoms with Gasteiger partial charge in [0.2, 0.25) is 0 Å². The first-order valence-corrected chi connectivity index (χ1v) is 2.73. The van der Waals surface area contributed by atoms with Crippen LogP contribution >= 0.6 is 0 Å². The number of ketones is 1. The van der Waals surface area contributed by atoms with E-state index in [0.717, 1.165) is 4.81 Å². The summed E-state index contributed by atoms with van der Waals surface area (Å²) in [5.41, 5.74) is 0. The fraction of sp³-hybridized carbons (Fsp3) is 0.600. The van der Waals surface area contributed by atoms with Gasteiger partial charge in [0.05, 0.1) is 6.54 Å². The summed E-state index contributed by atoms with van der Waals surface area (Å²) in [6.45, 7) is 1.02. The Kier molecular flexibility index (Phi) is 3.72. The van der Waals surface area contributed by atoms with Crippen LogP contribution in [0.2, 0.25) is 0 Å². The van der Waals surface area contributed by atoms with Crippen molar-refractivity contribution in [2.75, 3.05) is 13.1 Å². The normalized spacial score (nSPS) is 9.80. The maximum atomic E-state index is 10.3. The monoisotopic (exact) mass is 141 g/mol. The Balaban J connectivity index is 3.53. The number of hydrogen-bond acceptors (Lipinski definition) is 3. The summed E-state index contributed by atoms with van der Waals surface area (Å²) >= 11 is 0. The van der Waals surface area contributed by atoms with E-state index in [9.17, 15) is 9.59 Å². The number of hydrogen-bond donors (Lipinski definition) is 1. The van der Waals surface area contributed by atoms with E-state index in [4.69, 9.17) is 13.1 Å². The van der Waals surface area contributed by atoms with E-state index in [1.807, 2.05) is 0 Å². The molecule has 0 aliphatic carbocycles. The third-order valence-electron chi connectivity index (χ3n) is 0.764. The van der Waals surface area contributed by atoms with Gasteiger partial charge < -0.3 is 9.92 Å². The highest BCUT2D eigenvalue weighted by molar-refractivity contribution is 6.07. The largest absolute Gasteiger partial charge is 0.480 e. The van der Waals surface area contributed by atoms with Crippen LogP contribution in [-0.4, -0.2) is 42.7 Å². The molecule has 0 fully saturated rings. The summed E-state index contributed by atoms with van der Waals surface area (Å²) in [5, 5.41) is 8.16. The molecule has 0 aromatic carbocycles. The molecule has 54 valence electrons. The van der Waals surface area contributed by atoms with E-state index in [1.54, 1.807) is 0 Å². The predicted molar refractivity (Wildman–Crippen MR) is 35.6 cm³/mol. The van der Waals surface area contributed by atoms with Gasteiger partial charge in [0.1, 0.15) is 5.78 Å². The molecule has 4 nitrogen and oxygen atoms in total. The van der Waals surface area contributed by atoms with Gasteiger partial charge in [-0.3, -0.25) is 9.59 Å². The average Bonchev–Trinajstić information content (AvgIpc) is 1.58. The fourth-order valence-corrected chi connectivity index (χ4v) is 0.516. The second-order valence-corrected chi connectivity index (χ2v) is 2.00. The topological polar surface area (TPSA) is 57.6 Å². The van der Waals surface area contributed by atoms with Gasteiger partial charge in [-0.1, -0.05) is 0 Å². The van der Waals surface area contributed by atoms with Crippen LogP contribution in [0.1, 0.15) is 6.92 Å². The van der Waals surface area contributed by atoms with E-state index in [0.29, 0.717) is 0 Å². The fourth-order valence-electron chi connectivity index (χ4n) is 0.516. The molecule has 1 N–H and O–H groups in total. The van der Waals surface area contributed by atoms with Gasteiger partial charge in [0.15, 0.2) is 7.98 Å². The van der Waals surface area contributed by atoms with Crippen LogP contribution in [0, 0.1) is 0 Å². The summed E-state index contributed by atoms with van der Waals surface area (Å²) in [5.74, 6) is -1.19. The molecule has 0 heterocycles. The number of nitrogens with zero attached hydrogens (tertiary/aromatic N) is 1. The molecule has 0 unspecified atom stereocenters. The Morgan fingerprint density at radius 1 is 1.50 bits per heavy atom. The maximum absolute atomic E-state index is 10.3. The minimum absolute atomic E-state index is 0.0215. The van der Waals surface area contributed by atoms with E-state index in [1.165, 1.54) is 6.92 Å². The van der Waals surface area contributed by atoms with Crippen LogP contribution in [0.3, 0.4) is 0 Å². The second-order valence-electron chi connectivity index (χ2n) is 2.00. The van der Waals surface area contributed by atoms with E-state index >= 15 is 0 Å². The number of aliphatic carboxylic acids is 1. The van der Waals surface area contributed by atoms with E-state index in [-0.39, 0.29) is 18.9 Å². The Morgan fingerprint density at radius 3 is 2.30 bits per heavy atom. The molecule has 0 aromatic heterocycles. The highest BCUT2D eigenvalue weighted by Gasteiger charge is 2.04. The standard InChI is InChI=1S/C5H8BNO3/c1-4(8)2-7(6)3-5(9)10/h2-3H2,1H3,(H,9,10). The molecule has 0 atom stereocenters. The molecule has 0 spiro atoms. The molecule has 10 heavy (non-hydrogen) atoms. The highest BCUT2D eigenvalue weighted by atomic mass is 16.4. The molecular formula is C5H8BNO3. The lowest BCUT2D eigenvalue weighted by molar-refractivity contribution is -0.137. The number of carboxylic acids is 1. The molecular weight excluding hydrogens is 133 g/mol. The summed E-state index contributed by atoms with van der Waals surface area (Å²) in [6.07, 6.45) is 0. The molecule has 2 radical (unpaired) electrons. The molecule has 0 rings (SSSR count). The van der Waals surface area contributed by atoms with Crippen molar-refractivity contribution in [2.45, 2.75) is 6.92 Å². The second kappa shape index (κ2) is 4.06. The number of carboxylic acid groups (broad SMARTS) is 1. The summed E-state index contributed by atoms with van der Waals surface area (Å²) in [4.78, 5) is 21.2. The van der Waals surface area contributed by atoms with Crippen LogP contribution in [-0.2, 0) is 9.59 Å². The third kappa shape index (κ3) is 5.30. The molecule has 5 heteroatoms. The molecule has 0 aliphatic heterocycles. The van der Waals surface area contributed by atoms with Crippen molar-refractivity contribution < 1.29 is 14.7 Å². The maximum Gasteiger partial charge on any atom is 0.316 e. The van der Waals surface area contributed by atoms with Gasteiger partial charge >= 0.3 is 5.97 Å². The van der Waals surface area contributed by atoms with Gasteiger partial charge in [0.25, 0.3) is 0 Å². The van der Waals surface area contributed by atoms with Crippen molar-refractivity contribution in [3.63, 3.8) is 0 Å². The summed E-state index contributed by atoms with van der Waals surface area (Å²) in [7, 11) is 5.11. The van der Waals surface area contributed by atoms with Gasteiger partial charge in [-0.05, 0) is 6.92 Å². The van der Waals surface area contributed by atoms with Gasteiger partial charge in [-0.25, -0.2) is 0 Å². The van der Waals surface area contributed by atoms with Crippen molar-refractivity contribution in [3.05, 3.63) is 0 Å². The Hall–Kier alpha value is -0.835. The molecule has 0 saturated carbocycles. The number of Topliss-reactive ketones (excluding diaryl/α,β-unsaturated/α-hetero) is 1. The predicted octanol–water partition coefficient (Wildman–Crippen LogP) is -0.955. The lowest BCUT2D eigenvalue weighted by Gasteiger charge is -2.10.